The van der Waals surface area contributed by atoms with Gasteiger partial charge in [0.05, 0.1) is 6.10 Å². The molecule has 4 aromatic carbocycles. The smallest absolute Gasteiger partial charge is 0.177 e. The molecular weight excluding hydrogens is 432 g/mol. The zero-order valence-electron chi connectivity index (χ0n) is 19.5. The molecule has 0 aliphatic carbocycles. The van der Waals surface area contributed by atoms with Crippen molar-refractivity contribution in [1.82, 2.24) is 20.2 Å². The van der Waals surface area contributed by atoms with E-state index >= 15 is 0 Å². The van der Waals surface area contributed by atoms with E-state index in [0.717, 1.165) is 23.1 Å². The minimum absolute atomic E-state index is 0.348. The highest BCUT2D eigenvalue weighted by molar-refractivity contribution is 5.49. The number of aliphatic hydroxyl groups excluding tert-OH is 1. The van der Waals surface area contributed by atoms with E-state index in [1.807, 2.05) is 72.8 Å². The minimum atomic E-state index is -0.802. The number of aromatic nitrogens is 4. The van der Waals surface area contributed by atoms with Crippen LogP contribution in [-0.4, -0.2) is 31.4 Å². The van der Waals surface area contributed by atoms with Gasteiger partial charge in [-0.2, -0.15) is 0 Å². The first-order valence-corrected chi connectivity index (χ1v) is 11.9. The summed E-state index contributed by atoms with van der Waals surface area (Å²) in [5.41, 5.74) is 3.51. The number of rotatable bonds is 9. The van der Waals surface area contributed by atoms with Gasteiger partial charge in [-0.15, -0.1) is 15.0 Å². The van der Waals surface area contributed by atoms with Gasteiger partial charge in [0.1, 0.15) is 0 Å². The Hall–Kier alpha value is -4.09. The van der Waals surface area contributed by atoms with Gasteiger partial charge in [-0.05, 0) is 40.3 Å². The third-order valence-electron chi connectivity index (χ3n) is 6.36. The monoisotopic (exact) mass is 460 g/mol. The Morgan fingerprint density at radius 2 is 1.11 bits per heavy atom. The number of aliphatic hydroxyl groups is 1. The van der Waals surface area contributed by atoms with E-state index in [2.05, 4.69) is 58.8 Å². The van der Waals surface area contributed by atoms with Crippen LogP contribution in [0.2, 0.25) is 0 Å². The molecular formula is C30H28N4O. The molecule has 1 unspecified atom stereocenters. The summed E-state index contributed by atoms with van der Waals surface area (Å²) in [5.74, 6) is 0.526. The summed E-state index contributed by atoms with van der Waals surface area (Å²) in [5, 5.41) is 24.5. The van der Waals surface area contributed by atoms with Crippen molar-refractivity contribution < 1.29 is 5.11 Å². The van der Waals surface area contributed by atoms with E-state index in [1.165, 1.54) is 5.56 Å². The zero-order chi connectivity index (χ0) is 23.9. The number of benzene rings is 4. The van der Waals surface area contributed by atoms with E-state index in [-0.39, 0.29) is 0 Å². The van der Waals surface area contributed by atoms with Gasteiger partial charge in [0.25, 0.3) is 0 Å². The molecule has 1 N–H and O–H groups in total. The van der Waals surface area contributed by atoms with Gasteiger partial charge in [-0.25, -0.2) is 0 Å². The number of hydrogen-bond donors (Lipinski definition) is 1. The number of aryl methyl sites for hydroxylation is 1. The molecule has 1 heterocycles. The fraction of sp³-hybridized carbons (Fsp3) is 0.167. The van der Waals surface area contributed by atoms with Crippen molar-refractivity contribution in [2.45, 2.75) is 30.9 Å². The molecule has 0 spiro atoms. The second-order valence-electron chi connectivity index (χ2n) is 8.69. The average Bonchev–Trinajstić information content (AvgIpc) is 3.39. The number of nitrogens with zero attached hydrogens (tertiary/aromatic N) is 4. The molecule has 5 aromatic rings. The highest BCUT2D eigenvalue weighted by atomic mass is 16.3. The maximum atomic E-state index is 10.7. The second-order valence-corrected chi connectivity index (χ2v) is 8.69. The van der Waals surface area contributed by atoms with Gasteiger partial charge >= 0.3 is 0 Å². The lowest BCUT2D eigenvalue weighted by atomic mass is 9.77. The Kier molecular flexibility index (Phi) is 6.77. The zero-order valence-corrected chi connectivity index (χ0v) is 19.5. The molecule has 35 heavy (non-hydrogen) atoms. The van der Waals surface area contributed by atoms with Crippen LogP contribution >= 0.6 is 0 Å². The van der Waals surface area contributed by atoms with Crippen LogP contribution in [0.3, 0.4) is 0 Å². The van der Waals surface area contributed by atoms with E-state index in [1.54, 1.807) is 4.80 Å². The maximum Gasteiger partial charge on any atom is 0.177 e. The standard InChI is InChI=1S/C30H28N4O/c35-28(22-21-24-13-5-1-6-14-24)23-29-31-33-34(32-29)30(25-15-7-2-8-16-25,26-17-9-3-10-18-26)27-19-11-4-12-20-27/h1-20,28,35H,21-23H2. The quantitative estimate of drug-likeness (QED) is 0.313. The van der Waals surface area contributed by atoms with Crippen LogP contribution in [0.1, 0.15) is 34.5 Å². The van der Waals surface area contributed by atoms with Gasteiger partial charge in [0.15, 0.2) is 11.4 Å². The van der Waals surface area contributed by atoms with Gasteiger partial charge in [-0.1, -0.05) is 121 Å². The first-order valence-electron chi connectivity index (χ1n) is 11.9. The molecule has 0 aliphatic heterocycles. The molecule has 0 saturated carbocycles. The summed E-state index contributed by atoms with van der Waals surface area (Å²) in [4.78, 5) is 1.70. The molecule has 1 aromatic heterocycles. The summed E-state index contributed by atoms with van der Waals surface area (Å²) in [6, 6.07) is 41.0. The van der Waals surface area contributed by atoms with Crippen LogP contribution in [0.25, 0.3) is 0 Å². The Balaban J connectivity index is 1.52. The minimum Gasteiger partial charge on any atom is -0.393 e. The lowest BCUT2D eigenvalue weighted by molar-refractivity contribution is 0.162. The van der Waals surface area contributed by atoms with Gasteiger partial charge in [0, 0.05) is 6.42 Å². The molecule has 174 valence electrons. The average molecular weight is 461 g/mol. The van der Waals surface area contributed by atoms with Gasteiger partial charge in [-0.3, -0.25) is 0 Å². The van der Waals surface area contributed by atoms with Gasteiger partial charge < -0.3 is 5.11 Å². The Morgan fingerprint density at radius 1 is 0.657 bits per heavy atom. The summed E-state index contributed by atoms with van der Waals surface area (Å²) in [7, 11) is 0. The van der Waals surface area contributed by atoms with Crippen LogP contribution in [0.5, 0.6) is 0 Å². The van der Waals surface area contributed by atoms with Crippen LogP contribution in [0, 0.1) is 0 Å². The predicted octanol–water partition coefficient (Wildman–Crippen LogP) is 5.05. The maximum absolute atomic E-state index is 10.7. The second kappa shape index (κ2) is 10.5. The first kappa shape index (κ1) is 22.7. The van der Waals surface area contributed by atoms with Crippen molar-refractivity contribution in [3.63, 3.8) is 0 Å². The molecule has 0 aliphatic rings. The number of hydrogen-bond acceptors (Lipinski definition) is 4. The molecule has 5 heteroatoms. The molecule has 1 atom stereocenters. The van der Waals surface area contributed by atoms with Crippen molar-refractivity contribution >= 4 is 0 Å². The molecule has 5 rings (SSSR count). The summed E-state index contributed by atoms with van der Waals surface area (Å²) in [6.07, 6.45) is 1.24. The topological polar surface area (TPSA) is 63.8 Å². The van der Waals surface area contributed by atoms with E-state index < -0.39 is 11.6 Å². The van der Waals surface area contributed by atoms with Crippen LogP contribution < -0.4 is 0 Å². The fourth-order valence-electron chi connectivity index (χ4n) is 4.64. The highest BCUT2D eigenvalue weighted by Gasteiger charge is 2.41. The normalized spacial score (nSPS) is 12.4. The third-order valence-corrected chi connectivity index (χ3v) is 6.36. The van der Waals surface area contributed by atoms with Crippen molar-refractivity contribution in [1.29, 1.82) is 0 Å². The lowest BCUT2D eigenvalue weighted by Crippen LogP contribution is -2.39. The Labute approximate surface area is 205 Å². The van der Waals surface area contributed by atoms with Crippen LogP contribution in [-0.2, 0) is 18.4 Å². The van der Waals surface area contributed by atoms with Crippen LogP contribution in [0.15, 0.2) is 121 Å². The summed E-state index contributed by atoms with van der Waals surface area (Å²) < 4.78 is 0. The molecule has 0 bridgehead atoms. The molecule has 0 amide bonds. The van der Waals surface area contributed by atoms with E-state index in [0.29, 0.717) is 18.7 Å². The van der Waals surface area contributed by atoms with E-state index in [9.17, 15) is 5.11 Å². The van der Waals surface area contributed by atoms with Crippen molar-refractivity contribution in [3.05, 3.63) is 149 Å². The van der Waals surface area contributed by atoms with Crippen molar-refractivity contribution in [2.24, 2.45) is 0 Å². The third kappa shape index (κ3) is 4.77. The van der Waals surface area contributed by atoms with Crippen LogP contribution in [0.4, 0.5) is 0 Å². The number of tetrazole rings is 1. The molecule has 0 fully saturated rings. The predicted molar refractivity (Wildman–Crippen MR) is 137 cm³/mol. The molecule has 0 saturated heterocycles. The lowest BCUT2D eigenvalue weighted by Gasteiger charge is -2.34. The summed E-state index contributed by atoms with van der Waals surface area (Å²) in [6.45, 7) is 0. The largest absolute Gasteiger partial charge is 0.393 e. The van der Waals surface area contributed by atoms with Crippen molar-refractivity contribution in [3.8, 4) is 0 Å². The molecule has 5 nitrogen and oxygen atoms in total. The summed E-state index contributed by atoms with van der Waals surface area (Å²) >= 11 is 0. The van der Waals surface area contributed by atoms with Crippen molar-refractivity contribution in [2.75, 3.05) is 0 Å². The Morgan fingerprint density at radius 3 is 1.60 bits per heavy atom. The van der Waals surface area contributed by atoms with E-state index in [4.69, 9.17) is 5.10 Å². The molecule has 0 radical (unpaired) electrons. The fourth-order valence-corrected chi connectivity index (χ4v) is 4.64. The SMILES string of the molecule is OC(CCc1ccccc1)Cc1nnn(C(c2ccccc2)(c2ccccc2)c2ccccc2)n1. The Bertz CT molecular complexity index is 1230. The first-order chi connectivity index (χ1) is 17.3. The van der Waals surface area contributed by atoms with Gasteiger partial charge in [0.2, 0.25) is 0 Å². The highest BCUT2D eigenvalue weighted by Crippen LogP contribution is 2.39.